The summed E-state index contributed by atoms with van der Waals surface area (Å²) in [6.45, 7) is 6.70. The molecular weight excluding hydrogens is 266 g/mol. The summed E-state index contributed by atoms with van der Waals surface area (Å²) in [5, 5.41) is 7.35. The van der Waals surface area contributed by atoms with Gasteiger partial charge in [0.15, 0.2) is 0 Å². The molecule has 112 valence electrons. The topological polar surface area (TPSA) is 60.1 Å². The molecule has 0 saturated carbocycles. The minimum atomic E-state index is 0.0593. The molecule has 2 aromatic heterocycles. The second-order valence-corrected chi connectivity index (χ2v) is 5.80. The summed E-state index contributed by atoms with van der Waals surface area (Å²) >= 11 is 0. The van der Waals surface area contributed by atoms with Crippen molar-refractivity contribution in [2.75, 3.05) is 13.1 Å². The molecule has 1 N–H and O–H groups in total. The zero-order valence-electron chi connectivity index (χ0n) is 12.6. The Balaban J connectivity index is 1.91. The fourth-order valence-corrected chi connectivity index (χ4v) is 3.06. The van der Waals surface area contributed by atoms with Crippen LogP contribution in [0.3, 0.4) is 0 Å². The fraction of sp³-hybridized carbons (Fsp3) is 0.500. The van der Waals surface area contributed by atoms with Crippen molar-refractivity contribution in [2.24, 2.45) is 5.92 Å². The van der Waals surface area contributed by atoms with Gasteiger partial charge in [-0.05, 0) is 51.8 Å². The van der Waals surface area contributed by atoms with Crippen LogP contribution in [-0.4, -0.2) is 22.8 Å². The molecule has 0 aromatic carbocycles. The Morgan fingerprint density at radius 2 is 2.10 bits per heavy atom. The Morgan fingerprint density at radius 1 is 1.33 bits per heavy atom. The van der Waals surface area contributed by atoms with E-state index in [-0.39, 0.29) is 5.56 Å². The van der Waals surface area contributed by atoms with Crippen molar-refractivity contribution in [2.45, 2.75) is 33.2 Å². The van der Waals surface area contributed by atoms with E-state index in [0.717, 1.165) is 55.1 Å². The van der Waals surface area contributed by atoms with Crippen LogP contribution in [-0.2, 0) is 6.54 Å². The van der Waals surface area contributed by atoms with Crippen molar-refractivity contribution in [1.82, 2.24) is 15.0 Å². The Labute approximate surface area is 124 Å². The summed E-state index contributed by atoms with van der Waals surface area (Å²) < 4.78 is 7.05. The number of aromatic nitrogens is 2. The minimum Gasteiger partial charge on any atom is -0.361 e. The van der Waals surface area contributed by atoms with Crippen LogP contribution in [0.15, 0.2) is 27.6 Å². The predicted molar refractivity (Wildman–Crippen MR) is 81.3 cm³/mol. The first kappa shape index (κ1) is 14.1. The van der Waals surface area contributed by atoms with Crippen molar-refractivity contribution in [3.05, 3.63) is 40.1 Å². The summed E-state index contributed by atoms with van der Waals surface area (Å²) in [5.74, 6) is 1.36. The lowest BCUT2D eigenvalue weighted by Crippen LogP contribution is -2.32. The molecule has 21 heavy (non-hydrogen) atoms. The van der Waals surface area contributed by atoms with Gasteiger partial charge in [-0.2, -0.15) is 0 Å². The molecule has 5 heteroatoms. The Bertz CT molecular complexity index is 662. The van der Waals surface area contributed by atoms with Gasteiger partial charge in [0.2, 0.25) is 0 Å². The third-order valence-corrected chi connectivity index (χ3v) is 4.22. The van der Waals surface area contributed by atoms with Crippen LogP contribution in [0.25, 0.3) is 11.1 Å². The van der Waals surface area contributed by atoms with Gasteiger partial charge in [0.05, 0.1) is 5.69 Å². The minimum absolute atomic E-state index is 0.0593. The predicted octanol–water partition coefficient (Wildman–Crippen LogP) is 2.12. The van der Waals surface area contributed by atoms with Crippen molar-refractivity contribution in [3.63, 3.8) is 0 Å². The van der Waals surface area contributed by atoms with Crippen LogP contribution in [0.4, 0.5) is 0 Å². The molecular formula is C16H21N3O2. The summed E-state index contributed by atoms with van der Waals surface area (Å²) in [7, 11) is 0. The van der Waals surface area contributed by atoms with Crippen LogP contribution < -0.4 is 10.9 Å². The average Bonchev–Trinajstić information content (AvgIpc) is 2.82. The zero-order valence-corrected chi connectivity index (χ0v) is 12.6. The highest BCUT2D eigenvalue weighted by Crippen LogP contribution is 2.26. The Hall–Kier alpha value is -1.88. The summed E-state index contributed by atoms with van der Waals surface area (Å²) in [4.78, 5) is 12.1. The SMILES string of the molecule is Cc1noc(C)c1-c1ccc(=O)n(CC2CCNCC2)c1. The highest BCUT2D eigenvalue weighted by Gasteiger charge is 2.16. The van der Waals surface area contributed by atoms with Gasteiger partial charge in [0.1, 0.15) is 5.76 Å². The van der Waals surface area contributed by atoms with Crippen molar-refractivity contribution in [3.8, 4) is 11.1 Å². The Morgan fingerprint density at radius 3 is 2.76 bits per heavy atom. The average molecular weight is 287 g/mol. The standard InChI is InChI=1S/C16H21N3O2/c1-11-16(12(2)21-18-11)14-3-4-15(20)19(10-14)9-13-5-7-17-8-6-13/h3-4,10,13,17H,5-9H2,1-2H3. The maximum absolute atomic E-state index is 12.1. The second kappa shape index (κ2) is 5.85. The molecule has 2 aromatic rings. The van der Waals surface area contributed by atoms with E-state index in [1.807, 2.05) is 30.7 Å². The summed E-state index contributed by atoms with van der Waals surface area (Å²) in [5.41, 5.74) is 2.91. The quantitative estimate of drug-likeness (QED) is 0.939. The highest BCUT2D eigenvalue weighted by molar-refractivity contribution is 5.66. The number of rotatable bonds is 3. The van der Waals surface area contributed by atoms with Gasteiger partial charge < -0.3 is 14.4 Å². The van der Waals surface area contributed by atoms with Gasteiger partial charge >= 0.3 is 0 Å². The molecule has 0 radical (unpaired) electrons. The molecule has 0 aliphatic carbocycles. The molecule has 1 aliphatic heterocycles. The van der Waals surface area contributed by atoms with Crippen LogP contribution >= 0.6 is 0 Å². The molecule has 5 nitrogen and oxygen atoms in total. The Kier molecular flexibility index (Phi) is 3.92. The third kappa shape index (κ3) is 2.93. The summed E-state index contributed by atoms with van der Waals surface area (Å²) in [6, 6.07) is 3.50. The highest BCUT2D eigenvalue weighted by atomic mass is 16.5. The first-order chi connectivity index (χ1) is 10.1. The number of hydrogen-bond acceptors (Lipinski definition) is 4. The van der Waals surface area contributed by atoms with Gasteiger partial charge in [-0.25, -0.2) is 0 Å². The van der Waals surface area contributed by atoms with E-state index in [1.165, 1.54) is 0 Å². The van der Waals surface area contributed by atoms with Crippen LogP contribution in [0.5, 0.6) is 0 Å². The van der Waals surface area contributed by atoms with Gasteiger partial charge in [-0.1, -0.05) is 5.16 Å². The molecule has 3 rings (SSSR count). The third-order valence-electron chi connectivity index (χ3n) is 4.22. The van der Waals surface area contributed by atoms with E-state index in [9.17, 15) is 4.79 Å². The molecule has 0 amide bonds. The maximum Gasteiger partial charge on any atom is 0.250 e. The van der Waals surface area contributed by atoms with E-state index in [2.05, 4.69) is 10.5 Å². The van der Waals surface area contributed by atoms with Gasteiger partial charge in [-0.3, -0.25) is 4.79 Å². The van der Waals surface area contributed by atoms with Crippen molar-refractivity contribution in [1.29, 1.82) is 0 Å². The molecule has 0 atom stereocenters. The van der Waals surface area contributed by atoms with E-state index in [1.54, 1.807) is 6.07 Å². The number of nitrogens with one attached hydrogen (secondary N) is 1. The molecule has 1 aliphatic rings. The normalized spacial score (nSPS) is 16.3. The lowest BCUT2D eigenvalue weighted by Gasteiger charge is -2.23. The lowest BCUT2D eigenvalue weighted by atomic mass is 9.98. The zero-order chi connectivity index (χ0) is 14.8. The molecule has 1 fully saturated rings. The van der Waals surface area contributed by atoms with Crippen molar-refractivity contribution >= 4 is 0 Å². The maximum atomic E-state index is 12.1. The number of aryl methyl sites for hydroxylation is 2. The lowest BCUT2D eigenvalue weighted by molar-refractivity contribution is 0.330. The molecule has 1 saturated heterocycles. The van der Waals surface area contributed by atoms with E-state index in [0.29, 0.717) is 5.92 Å². The second-order valence-electron chi connectivity index (χ2n) is 5.80. The number of nitrogens with zero attached hydrogens (tertiary/aromatic N) is 2. The number of hydrogen-bond donors (Lipinski definition) is 1. The first-order valence-corrected chi connectivity index (χ1v) is 7.49. The van der Waals surface area contributed by atoms with Gasteiger partial charge in [0, 0.05) is 29.9 Å². The first-order valence-electron chi connectivity index (χ1n) is 7.49. The van der Waals surface area contributed by atoms with Crippen LogP contribution in [0.2, 0.25) is 0 Å². The van der Waals surface area contributed by atoms with E-state index >= 15 is 0 Å². The van der Waals surface area contributed by atoms with E-state index in [4.69, 9.17) is 4.52 Å². The van der Waals surface area contributed by atoms with Gasteiger partial charge in [-0.15, -0.1) is 0 Å². The molecule has 0 unspecified atom stereocenters. The molecule has 0 bridgehead atoms. The fourth-order valence-electron chi connectivity index (χ4n) is 3.06. The van der Waals surface area contributed by atoms with Crippen LogP contribution in [0, 0.1) is 19.8 Å². The number of pyridine rings is 1. The molecule has 0 spiro atoms. The summed E-state index contributed by atoms with van der Waals surface area (Å²) in [6.07, 6.45) is 4.20. The largest absolute Gasteiger partial charge is 0.361 e. The number of piperidine rings is 1. The van der Waals surface area contributed by atoms with E-state index < -0.39 is 0 Å². The molecule has 3 heterocycles. The monoisotopic (exact) mass is 287 g/mol. The smallest absolute Gasteiger partial charge is 0.250 e. The van der Waals surface area contributed by atoms with Gasteiger partial charge in [0.25, 0.3) is 5.56 Å². The van der Waals surface area contributed by atoms with Crippen molar-refractivity contribution < 1.29 is 4.52 Å². The van der Waals surface area contributed by atoms with Crippen LogP contribution in [0.1, 0.15) is 24.3 Å².